The van der Waals surface area contributed by atoms with E-state index >= 15 is 0 Å². The molecule has 1 atom stereocenters. The molecule has 0 radical (unpaired) electrons. The van der Waals surface area contributed by atoms with Crippen molar-refractivity contribution >= 4 is 38.3 Å². The molecule has 0 bridgehead atoms. The van der Waals surface area contributed by atoms with Gasteiger partial charge in [-0.3, -0.25) is 4.55 Å². The molecule has 2 aromatic carbocycles. The molecule has 290 valence electrons. The number of hydrogen-bond donors (Lipinski definition) is 3. The van der Waals surface area contributed by atoms with Crippen LogP contribution in [0.15, 0.2) is 95.4 Å². The molecule has 1 unspecified atom stereocenters. The van der Waals surface area contributed by atoms with E-state index in [1.807, 2.05) is 13.8 Å². The molecular formula is C43H62N3O5S2+. The fraction of sp³-hybridized carbons (Fsp3) is 0.512. The molecule has 3 N–H and O–H groups in total. The third-order valence-corrected chi connectivity index (χ3v) is 12.0. The van der Waals surface area contributed by atoms with Gasteiger partial charge in [-0.15, -0.1) is 0 Å². The fourth-order valence-electron chi connectivity index (χ4n) is 7.85. The van der Waals surface area contributed by atoms with Crippen molar-refractivity contribution < 1.29 is 26.3 Å². The summed E-state index contributed by atoms with van der Waals surface area (Å²) in [5, 5.41) is 3.80. The van der Waals surface area contributed by atoms with Crippen LogP contribution in [0.1, 0.15) is 111 Å². The van der Waals surface area contributed by atoms with E-state index in [0.29, 0.717) is 31.6 Å². The van der Waals surface area contributed by atoms with Gasteiger partial charge in [0.1, 0.15) is 6.54 Å². The highest BCUT2D eigenvalue weighted by Gasteiger charge is 2.44. The lowest BCUT2D eigenvalue weighted by Gasteiger charge is -2.27. The maximum Gasteiger partial charge on any atom is 0.264 e. The van der Waals surface area contributed by atoms with Gasteiger partial charge < -0.3 is 14.8 Å². The van der Waals surface area contributed by atoms with Crippen molar-refractivity contribution in [2.75, 3.05) is 36.0 Å². The van der Waals surface area contributed by atoms with Crippen molar-refractivity contribution in [3.05, 3.63) is 107 Å². The van der Waals surface area contributed by atoms with Crippen LogP contribution >= 0.6 is 0 Å². The third-order valence-electron chi connectivity index (χ3n) is 10.6. The van der Waals surface area contributed by atoms with E-state index in [-0.39, 0.29) is 16.6 Å². The predicted octanol–water partition coefficient (Wildman–Crippen LogP) is 9.36. The summed E-state index contributed by atoms with van der Waals surface area (Å²) < 4.78 is 55.0. The lowest BCUT2D eigenvalue weighted by Crippen LogP contribution is -2.28. The summed E-state index contributed by atoms with van der Waals surface area (Å²) in [4.78, 5) is 2.32. The first-order valence-corrected chi connectivity index (χ1v) is 22.3. The summed E-state index contributed by atoms with van der Waals surface area (Å²) in [5.41, 5.74) is 10.7. The third kappa shape index (κ3) is 10.3. The SMILES string of the molecule is CC.CCCCNC1=C(/C=C/C2=[N+](CCCCS(=O)O)c3ccccc3C2(C)C)CC/C1=C/C=C1\N(CCCCS(=O)(=O)O)c2ccccc2C1(C)C. The number of rotatable bonds is 17. The summed E-state index contributed by atoms with van der Waals surface area (Å²) in [6.45, 7) is 17.6. The van der Waals surface area contributed by atoms with Crippen molar-refractivity contribution in [3.63, 3.8) is 0 Å². The number of hydrogen-bond acceptors (Lipinski definition) is 5. The minimum Gasteiger partial charge on any atom is -0.385 e. The zero-order chi connectivity index (χ0) is 38.8. The van der Waals surface area contributed by atoms with Crippen LogP contribution < -0.4 is 10.2 Å². The molecule has 8 nitrogen and oxygen atoms in total. The van der Waals surface area contributed by atoms with Crippen LogP contribution in [-0.4, -0.2) is 63.2 Å². The van der Waals surface area contributed by atoms with E-state index in [9.17, 15) is 21.7 Å². The van der Waals surface area contributed by atoms with Gasteiger partial charge in [-0.05, 0) is 81.2 Å². The second-order valence-corrected chi connectivity index (χ2v) is 17.6. The van der Waals surface area contributed by atoms with Crippen molar-refractivity contribution in [2.24, 2.45) is 0 Å². The Labute approximate surface area is 321 Å². The minimum atomic E-state index is -3.98. The number of para-hydroxylation sites is 2. The van der Waals surface area contributed by atoms with E-state index in [0.717, 1.165) is 50.9 Å². The van der Waals surface area contributed by atoms with Gasteiger partial charge in [-0.1, -0.05) is 89.6 Å². The normalized spacial score (nSPS) is 19.6. The van der Waals surface area contributed by atoms with Gasteiger partial charge in [-0.25, -0.2) is 4.21 Å². The first kappa shape index (κ1) is 42.4. The average molecular weight is 765 g/mol. The van der Waals surface area contributed by atoms with E-state index in [1.54, 1.807) is 0 Å². The van der Waals surface area contributed by atoms with Crippen LogP contribution in [0.25, 0.3) is 0 Å². The topological polar surface area (TPSA) is 110 Å². The summed E-state index contributed by atoms with van der Waals surface area (Å²) in [7, 11) is -3.98. The van der Waals surface area contributed by atoms with Gasteiger partial charge in [0.05, 0.1) is 11.2 Å². The van der Waals surface area contributed by atoms with Crippen molar-refractivity contribution in [1.82, 2.24) is 5.32 Å². The summed E-state index contributed by atoms with van der Waals surface area (Å²) in [6, 6.07) is 17.0. The average Bonchev–Trinajstić information content (AvgIpc) is 3.68. The molecule has 5 rings (SSSR count). The molecule has 0 amide bonds. The Hall–Kier alpha value is -3.31. The van der Waals surface area contributed by atoms with E-state index < -0.39 is 21.2 Å². The number of nitrogens with zero attached hydrogens (tertiary/aromatic N) is 2. The van der Waals surface area contributed by atoms with Crippen LogP contribution in [0.3, 0.4) is 0 Å². The Bertz CT molecular complexity index is 1890. The maximum absolute atomic E-state index is 11.4. The highest BCUT2D eigenvalue weighted by atomic mass is 32.2. The highest BCUT2D eigenvalue weighted by molar-refractivity contribution is 7.85. The summed E-state index contributed by atoms with van der Waals surface area (Å²) >= 11 is -1.77. The van der Waals surface area contributed by atoms with Crippen LogP contribution in [0.2, 0.25) is 0 Å². The van der Waals surface area contributed by atoms with Gasteiger partial charge >= 0.3 is 0 Å². The van der Waals surface area contributed by atoms with E-state index in [1.165, 1.54) is 45.1 Å². The van der Waals surface area contributed by atoms with Gasteiger partial charge in [0.25, 0.3) is 10.1 Å². The molecule has 2 aromatic rings. The van der Waals surface area contributed by atoms with Gasteiger partial charge in [0.2, 0.25) is 5.69 Å². The highest BCUT2D eigenvalue weighted by Crippen LogP contribution is 2.48. The lowest BCUT2D eigenvalue weighted by atomic mass is 9.81. The number of benzene rings is 2. The predicted molar refractivity (Wildman–Crippen MR) is 222 cm³/mol. The molecule has 0 aromatic heterocycles. The summed E-state index contributed by atoms with van der Waals surface area (Å²) in [6.07, 6.45) is 15.8. The van der Waals surface area contributed by atoms with Crippen LogP contribution in [-0.2, 0) is 32.0 Å². The molecule has 2 heterocycles. The van der Waals surface area contributed by atoms with Crippen molar-refractivity contribution in [2.45, 2.75) is 111 Å². The molecule has 0 spiro atoms. The molecule has 0 saturated carbocycles. The van der Waals surface area contributed by atoms with E-state index in [4.69, 9.17) is 0 Å². The molecule has 53 heavy (non-hydrogen) atoms. The standard InChI is InChI=1S/C41H55N3O5S2.C2H6/c1-6-7-26-42-39-31(22-24-37-40(2,3)33-16-8-10-18-35(33)43(37)27-12-14-29-50(45)46)20-21-32(39)23-25-38-41(4,5)34-17-9-11-19-36(34)44(38)28-13-15-30-51(47,48)49;1-2/h8-11,16-19,22-25H,6-7,12-15,20-21,26-30H2,1-5H3,(H2,45,46,47,48,49);1-2H3/p+1/b32-23-,38-25-;. The van der Waals surface area contributed by atoms with Crippen molar-refractivity contribution in [3.8, 4) is 0 Å². The Kier molecular flexibility index (Phi) is 15.1. The second kappa shape index (κ2) is 18.8. The Morgan fingerprint density at radius 1 is 0.887 bits per heavy atom. The number of nitrogens with one attached hydrogen (secondary N) is 1. The molecule has 10 heteroatoms. The molecule has 0 saturated heterocycles. The van der Waals surface area contributed by atoms with Gasteiger partial charge in [0.15, 0.2) is 16.8 Å². The quantitative estimate of drug-likeness (QED) is 0.0638. The Balaban J connectivity index is 0.00000308. The van der Waals surface area contributed by atoms with Crippen LogP contribution in [0, 0.1) is 0 Å². The van der Waals surface area contributed by atoms with Gasteiger partial charge in [0, 0.05) is 65.5 Å². The first-order valence-electron chi connectivity index (χ1n) is 19.5. The van der Waals surface area contributed by atoms with E-state index in [2.05, 4.69) is 122 Å². The minimum absolute atomic E-state index is 0.182. The molecule has 2 aliphatic heterocycles. The molecule has 0 fully saturated rings. The fourth-order valence-corrected chi connectivity index (χ4v) is 8.87. The van der Waals surface area contributed by atoms with Crippen LogP contribution in [0.4, 0.5) is 11.4 Å². The van der Waals surface area contributed by atoms with Crippen molar-refractivity contribution in [1.29, 1.82) is 0 Å². The monoisotopic (exact) mass is 764 g/mol. The first-order chi connectivity index (χ1) is 25.3. The molecular weight excluding hydrogens is 703 g/mol. The maximum atomic E-state index is 11.4. The number of unbranched alkanes of at least 4 members (excludes halogenated alkanes) is 3. The smallest absolute Gasteiger partial charge is 0.264 e. The van der Waals surface area contributed by atoms with Gasteiger partial charge in [-0.2, -0.15) is 13.0 Å². The Morgan fingerprint density at radius 3 is 2.28 bits per heavy atom. The zero-order valence-corrected chi connectivity index (χ0v) is 34.6. The Morgan fingerprint density at radius 2 is 1.58 bits per heavy atom. The largest absolute Gasteiger partial charge is 0.385 e. The molecule has 3 aliphatic rings. The summed E-state index contributed by atoms with van der Waals surface area (Å²) in [5.74, 6) is 0.0684. The molecule has 1 aliphatic carbocycles. The number of fused-ring (bicyclic) bond motifs is 2. The lowest BCUT2D eigenvalue weighted by molar-refractivity contribution is -0.438. The number of anilines is 1. The van der Waals surface area contributed by atoms with Crippen LogP contribution in [0.5, 0.6) is 0 Å². The second-order valence-electron chi connectivity index (χ2n) is 15.0. The number of allylic oxidation sites excluding steroid dienone is 7. The zero-order valence-electron chi connectivity index (χ0n) is 33.0.